The second-order valence-electron chi connectivity index (χ2n) is 7.16. The van der Waals surface area contributed by atoms with Crippen molar-refractivity contribution in [3.63, 3.8) is 0 Å². The van der Waals surface area contributed by atoms with Gasteiger partial charge in [-0.25, -0.2) is 0 Å². The van der Waals surface area contributed by atoms with Crippen LogP contribution in [0.1, 0.15) is 37.7 Å². The highest BCUT2D eigenvalue weighted by Crippen LogP contribution is 2.32. The number of ether oxygens (including phenoxy) is 1. The van der Waals surface area contributed by atoms with E-state index >= 15 is 0 Å². The first-order valence-corrected chi connectivity index (χ1v) is 9.43. The van der Waals surface area contributed by atoms with E-state index in [4.69, 9.17) is 9.15 Å². The fraction of sp³-hybridized carbons (Fsp3) is 0.364. The number of amides is 1. The molecule has 0 fully saturated rings. The molecule has 1 unspecified atom stereocenters. The van der Waals surface area contributed by atoms with Gasteiger partial charge in [0.25, 0.3) is 5.91 Å². The zero-order valence-electron chi connectivity index (χ0n) is 16.6. The Morgan fingerprint density at radius 3 is 2.89 bits per heavy atom. The van der Waals surface area contributed by atoms with Crippen LogP contribution < -0.4 is 0 Å². The topological polar surface area (TPSA) is 64.7 Å². The van der Waals surface area contributed by atoms with Gasteiger partial charge in [0.2, 0.25) is 0 Å². The molecule has 0 aliphatic carbocycles. The van der Waals surface area contributed by atoms with Crippen molar-refractivity contribution in [2.75, 3.05) is 13.2 Å². The number of fused-ring (bicyclic) bond motifs is 3. The Bertz CT molecular complexity index is 962. The average molecular weight is 382 g/mol. The fourth-order valence-electron chi connectivity index (χ4n) is 3.36. The van der Waals surface area contributed by atoms with Crippen LogP contribution in [0, 0.1) is 0 Å². The minimum Gasteiger partial charge on any atom is -0.494 e. The molecule has 0 radical (unpaired) electrons. The van der Waals surface area contributed by atoms with E-state index < -0.39 is 5.54 Å². The van der Waals surface area contributed by atoms with Crippen LogP contribution in [0.15, 0.2) is 59.0 Å². The minimum absolute atomic E-state index is 0.193. The predicted molar refractivity (Wildman–Crippen MR) is 108 cm³/mol. The maximum Gasteiger partial charge on any atom is 0.271 e. The highest BCUT2D eigenvalue weighted by molar-refractivity contribution is 6.00. The Morgan fingerprint density at radius 1 is 1.43 bits per heavy atom. The van der Waals surface area contributed by atoms with Crippen molar-refractivity contribution < 1.29 is 18.7 Å². The van der Waals surface area contributed by atoms with Gasteiger partial charge in [0.15, 0.2) is 5.58 Å². The van der Waals surface area contributed by atoms with Crippen molar-refractivity contribution in [3.05, 3.63) is 60.2 Å². The number of hydrogen-bond donors (Lipinski definition) is 0. The maximum absolute atomic E-state index is 13.2. The minimum atomic E-state index is -0.953. The maximum atomic E-state index is 13.2. The number of carbonyl (C=O) groups excluding carboxylic acids is 2. The summed E-state index contributed by atoms with van der Waals surface area (Å²) in [5.41, 5.74) is 1.95. The van der Waals surface area contributed by atoms with Crippen molar-refractivity contribution in [2.45, 2.75) is 39.3 Å². The lowest BCUT2D eigenvalue weighted by Crippen LogP contribution is -2.58. The predicted octanol–water partition coefficient (Wildman–Crippen LogP) is 4.09. The molecule has 2 aromatic heterocycles. The molecular formula is C22H26N2O4. The van der Waals surface area contributed by atoms with Crippen molar-refractivity contribution in [1.29, 1.82) is 0 Å². The number of carbonyl (C=O) groups is 2. The van der Waals surface area contributed by atoms with Gasteiger partial charge in [-0.05, 0) is 31.9 Å². The molecule has 1 amide bonds. The van der Waals surface area contributed by atoms with Crippen LogP contribution in [0.5, 0.6) is 0 Å². The number of nitrogens with zero attached hydrogens (tertiary/aromatic N) is 2. The molecule has 0 N–H and O–H groups in total. The van der Waals surface area contributed by atoms with E-state index in [-0.39, 0.29) is 5.91 Å². The normalized spacial score (nSPS) is 20.0. The van der Waals surface area contributed by atoms with Crippen LogP contribution in [0.2, 0.25) is 0 Å². The highest BCUT2D eigenvalue weighted by atomic mass is 16.5. The molecule has 6 nitrogen and oxygen atoms in total. The lowest BCUT2D eigenvalue weighted by molar-refractivity contribution is -0.117. The van der Waals surface area contributed by atoms with Crippen LogP contribution in [0.4, 0.5) is 0 Å². The Morgan fingerprint density at radius 2 is 2.21 bits per heavy atom. The molecule has 1 aliphatic heterocycles. The van der Waals surface area contributed by atoms with E-state index in [0.717, 1.165) is 23.8 Å². The summed E-state index contributed by atoms with van der Waals surface area (Å²) >= 11 is 0. The molecule has 2 aromatic rings. The molecule has 0 saturated heterocycles. The molecule has 3 rings (SSSR count). The van der Waals surface area contributed by atoms with Gasteiger partial charge in [0.1, 0.15) is 23.3 Å². The molecule has 1 aliphatic rings. The molecule has 148 valence electrons. The summed E-state index contributed by atoms with van der Waals surface area (Å²) in [7, 11) is 0. The van der Waals surface area contributed by atoms with Crippen LogP contribution >= 0.6 is 0 Å². The molecule has 0 saturated carbocycles. The third-order valence-corrected chi connectivity index (χ3v) is 5.02. The Balaban J connectivity index is 1.86. The standard InChI is InChI=1S/C22H26N2O4/c1-5-10-27-16(3)7-8-17(6-2)13-24-21(26)19-12-20-18(9-11-28-20)23(19)14-22(24,4)15-25/h6-9,11-12,15H,3,5,10,13-14H2,1-2,4H3/b8-7-,17-6+. The summed E-state index contributed by atoms with van der Waals surface area (Å²) in [5, 5.41) is 0. The summed E-state index contributed by atoms with van der Waals surface area (Å²) in [6.45, 7) is 10.9. The van der Waals surface area contributed by atoms with Crippen LogP contribution in [0.25, 0.3) is 11.1 Å². The number of rotatable bonds is 8. The zero-order valence-corrected chi connectivity index (χ0v) is 16.6. The van der Waals surface area contributed by atoms with Crippen molar-refractivity contribution in [2.24, 2.45) is 0 Å². The number of allylic oxidation sites excluding steroid dienone is 2. The van der Waals surface area contributed by atoms with E-state index in [1.165, 1.54) is 0 Å². The molecule has 0 bridgehead atoms. The van der Waals surface area contributed by atoms with Crippen LogP contribution in [-0.2, 0) is 16.1 Å². The first-order valence-electron chi connectivity index (χ1n) is 9.43. The largest absolute Gasteiger partial charge is 0.494 e. The van der Waals surface area contributed by atoms with Crippen molar-refractivity contribution >= 4 is 23.3 Å². The number of hydrogen-bond acceptors (Lipinski definition) is 4. The summed E-state index contributed by atoms with van der Waals surface area (Å²) in [6.07, 6.45) is 8.92. The quantitative estimate of drug-likeness (QED) is 0.392. The number of furan rings is 1. The first-order chi connectivity index (χ1) is 13.4. The van der Waals surface area contributed by atoms with Gasteiger partial charge >= 0.3 is 0 Å². The molecule has 28 heavy (non-hydrogen) atoms. The summed E-state index contributed by atoms with van der Waals surface area (Å²) in [4.78, 5) is 26.8. The van der Waals surface area contributed by atoms with E-state index in [1.807, 2.05) is 36.6 Å². The number of aldehydes is 1. The molecule has 6 heteroatoms. The molecular weight excluding hydrogens is 356 g/mol. The second kappa shape index (κ2) is 7.92. The van der Waals surface area contributed by atoms with Gasteiger partial charge in [0.05, 0.1) is 24.9 Å². The van der Waals surface area contributed by atoms with E-state index in [0.29, 0.717) is 36.7 Å². The van der Waals surface area contributed by atoms with E-state index in [9.17, 15) is 9.59 Å². The Hall–Kier alpha value is -3.02. The second-order valence-corrected chi connectivity index (χ2v) is 7.16. The van der Waals surface area contributed by atoms with Crippen LogP contribution in [-0.4, -0.2) is 40.4 Å². The monoisotopic (exact) mass is 382 g/mol. The van der Waals surface area contributed by atoms with E-state index in [1.54, 1.807) is 30.2 Å². The van der Waals surface area contributed by atoms with Gasteiger partial charge in [-0.2, -0.15) is 0 Å². The molecule has 0 aromatic carbocycles. The third kappa shape index (κ3) is 3.54. The Kier molecular flexibility index (Phi) is 5.58. The SMILES string of the molecule is C=C(/C=C\C(=C/C)CN1C(=O)c2cc3occc3n2CC1(C)C=O)OCCC. The average Bonchev–Trinajstić information content (AvgIpc) is 3.28. The smallest absolute Gasteiger partial charge is 0.271 e. The molecule has 1 atom stereocenters. The summed E-state index contributed by atoms with van der Waals surface area (Å²) in [6, 6.07) is 3.55. The molecule has 3 heterocycles. The van der Waals surface area contributed by atoms with Gasteiger partial charge < -0.3 is 23.4 Å². The lowest BCUT2D eigenvalue weighted by Gasteiger charge is -2.42. The van der Waals surface area contributed by atoms with Crippen molar-refractivity contribution in [3.8, 4) is 0 Å². The first kappa shape index (κ1) is 19.7. The summed E-state index contributed by atoms with van der Waals surface area (Å²) in [5.74, 6) is 0.375. The number of aromatic nitrogens is 1. The molecule has 0 spiro atoms. The Labute approximate surface area is 164 Å². The lowest BCUT2D eigenvalue weighted by atomic mass is 9.97. The summed E-state index contributed by atoms with van der Waals surface area (Å²) < 4.78 is 12.8. The van der Waals surface area contributed by atoms with E-state index in [2.05, 4.69) is 6.58 Å². The van der Waals surface area contributed by atoms with Crippen LogP contribution in [0.3, 0.4) is 0 Å². The fourth-order valence-corrected chi connectivity index (χ4v) is 3.36. The van der Waals surface area contributed by atoms with Gasteiger partial charge in [0, 0.05) is 18.7 Å². The van der Waals surface area contributed by atoms with Gasteiger partial charge in [-0.15, -0.1) is 0 Å². The van der Waals surface area contributed by atoms with Crippen molar-refractivity contribution in [1.82, 2.24) is 9.47 Å². The third-order valence-electron chi connectivity index (χ3n) is 5.02. The zero-order chi connectivity index (χ0) is 20.3. The van der Waals surface area contributed by atoms with Gasteiger partial charge in [-0.1, -0.05) is 25.7 Å². The van der Waals surface area contributed by atoms with Gasteiger partial charge in [-0.3, -0.25) is 4.79 Å². The highest BCUT2D eigenvalue weighted by Gasteiger charge is 2.42.